The molecule has 4 nitrogen and oxygen atoms in total. The molecule has 1 aliphatic heterocycles. The molecule has 1 unspecified atom stereocenters. The van der Waals surface area contributed by atoms with Crippen LogP contribution in [0.3, 0.4) is 0 Å². The zero-order valence-electron chi connectivity index (χ0n) is 13.0. The number of aromatic nitrogens is 2. The second-order valence-corrected chi connectivity index (χ2v) is 7.36. The van der Waals surface area contributed by atoms with Gasteiger partial charge in [-0.3, -0.25) is 9.80 Å². The lowest BCUT2D eigenvalue weighted by atomic mass is 10.2. The van der Waals surface area contributed by atoms with Gasteiger partial charge in [0.15, 0.2) is 0 Å². The first-order chi connectivity index (χ1) is 10.6. The van der Waals surface area contributed by atoms with Crippen LogP contribution in [0.4, 0.5) is 0 Å². The Morgan fingerprint density at radius 3 is 2.55 bits per heavy atom. The number of aryl methyl sites for hydroxylation is 1. The quantitative estimate of drug-likeness (QED) is 0.856. The molecule has 2 aromatic rings. The molecule has 118 valence electrons. The van der Waals surface area contributed by atoms with Gasteiger partial charge in [0.2, 0.25) is 0 Å². The van der Waals surface area contributed by atoms with Gasteiger partial charge < -0.3 is 0 Å². The molecule has 1 aromatic heterocycles. The molecule has 1 fully saturated rings. The maximum atomic E-state index is 6.25. The van der Waals surface area contributed by atoms with Gasteiger partial charge in [-0.1, -0.05) is 29.8 Å². The van der Waals surface area contributed by atoms with E-state index in [1.807, 2.05) is 19.1 Å². The van der Waals surface area contributed by atoms with E-state index in [2.05, 4.69) is 39.1 Å². The summed E-state index contributed by atoms with van der Waals surface area (Å²) in [4.78, 5) is 4.96. The molecule has 0 spiro atoms. The van der Waals surface area contributed by atoms with Crippen LogP contribution in [-0.2, 0) is 6.54 Å². The Morgan fingerprint density at radius 1 is 1.18 bits per heavy atom. The van der Waals surface area contributed by atoms with Gasteiger partial charge in [0.05, 0.1) is 6.04 Å². The fourth-order valence-corrected chi connectivity index (χ4v) is 3.79. The van der Waals surface area contributed by atoms with Crippen molar-refractivity contribution >= 4 is 22.9 Å². The van der Waals surface area contributed by atoms with Gasteiger partial charge in [0, 0.05) is 37.7 Å². The molecule has 1 saturated heterocycles. The third-order valence-electron chi connectivity index (χ3n) is 4.21. The van der Waals surface area contributed by atoms with E-state index in [0.717, 1.165) is 47.8 Å². The summed E-state index contributed by atoms with van der Waals surface area (Å²) in [6.45, 7) is 9.41. The fraction of sp³-hybridized carbons (Fsp3) is 0.500. The SMILES string of the molecule is Cc1nnc(C(C)N2CCN(Cc3ccccc3Cl)CC2)s1. The van der Waals surface area contributed by atoms with E-state index in [4.69, 9.17) is 11.6 Å². The average Bonchev–Trinajstić information content (AvgIpc) is 2.96. The number of hydrogen-bond donors (Lipinski definition) is 0. The summed E-state index contributed by atoms with van der Waals surface area (Å²) in [5.74, 6) is 0. The first-order valence-corrected chi connectivity index (χ1v) is 8.83. The molecule has 1 aliphatic rings. The lowest BCUT2D eigenvalue weighted by Crippen LogP contribution is -2.46. The highest BCUT2D eigenvalue weighted by Gasteiger charge is 2.24. The molecule has 0 amide bonds. The Hall–Kier alpha value is -1.01. The van der Waals surface area contributed by atoms with Crippen LogP contribution in [0.1, 0.15) is 28.5 Å². The van der Waals surface area contributed by atoms with E-state index in [1.54, 1.807) is 11.3 Å². The Morgan fingerprint density at radius 2 is 1.91 bits per heavy atom. The minimum absolute atomic E-state index is 0.355. The minimum Gasteiger partial charge on any atom is -0.296 e. The summed E-state index contributed by atoms with van der Waals surface area (Å²) >= 11 is 7.95. The summed E-state index contributed by atoms with van der Waals surface area (Å²) in [5, 5.41) is 11.4. The van der Waals surface area contributed by atoms with Crippen molar-refractivity contribution in [3.8, 4) is 0 Å². The maximum absolute atomic E-state index is 6.25. The van der Waals surface area contributed by atoms with Gasteiger partial charge in [-0.25, -0.2) is 0 Å². The van der Waals surface area contributed by atoms with Crippen molar-refractivity contribution in [3.05, 3.63) is 44.9 Å². The predicted octanol–water partition coefficient (Wildman–Crippen LogP) is 3.38. The third kappa shape index (κ3) is 3.66. The zero-order valence-corrected chi connectivity index (χ0v) is 14.6. The van der Waals surface area contributed by atoms with Crippen molar-refractivity contribution in [3.63, 3.8) is 0 Å². The lowest BCUT2D eigenvalue weighted by Gasteiger charge is -2.37. The first kappa shape index (κ1) is 15.9. The molecular weight excluding hydrogens is 316 g/mol. The minimum atomic E-state index is 0.355. The topological polar surface area (TPSA) is 32.3 Å². The van der Waals surface area contributed by atoms with Gasteiger partial charge in [-0.15, -0.1) is 21.5 Å². The molecule has 6 heteroatoms. The van der Waals surface area contributed by atoms with E-state index < -0.39 is 0 Å². The van der Waals surface area contributed by atoms with Crippen LogP contribution in [0.5, 0.6) is 0 Å². The van der Waals surface area contributed by atoms with Gasteiger partial charge in [-0.05, 0) is 25.5 Å². The van der Waals surface area contributed by atoms with E-state index in [0.29, 0.717) is 6.04 Å². The summed E-state index contributed by atoms with van der Waals surface area (Å²) in [7, 11) is 0. The summed E-state index contributed by atoms with van der Waals surface area (Å²) < 4.78 is 0. The molecular formula is C16H21ClN4S. The van der Waals surface area contributed by atoms with E-state index in [9.17, 15) is 0 Å². The highest BCUT2D eigenvalue weighted by molar-refractivity contribution is 7.11. The van der Waals surface area contributed by atoms with Gasteiger partial charge in [-0.2, -0.15) is 0 Å². The molecule has 0 saturated carbocycles. The molecule has 2 heterocycles. The number of hydrogen-bond acceptors (Lipinski definition) is 5. The van der Waals surface area contributed by atoms with E-state index >= 15 is 0 Å². The van der Waals surface area contributed by atoms with Crippen molar-refractivity contribution in [1.29, 1.82) is 0 Å². The largest absolute Gasteiger partial charge is 0.296 e. The molecule has 1 atom stereocenters. The first-order valence-electron chi connectivity index (χ1n) is 7.63. The Labute approximate surface area is 140 Å². The third-order valence-corrected chi connectivity index (χ3v) is 5.58. The average molecular weight is 337 g/mol. The van der Waals surface area contributed by atoms with Crippen LogP contribution in [-0.4, -0.2) is 46.2 Å². The van der Waals surface area contributed by atoms with E-state index in [-0.39, 0.29) is 0 Å². The Balaban J connectivity index is 1.55. The standard InChI is InChI=1S/C16H21ClN4S/c1-12(16-19-18-13(2)22-16)21-9-7-20(8-10-21)11-14-5-3-4-6-15(14)17/h3-6,12H,7-11H2,1-2H3. The highest BCUT2D eigenvalue weighted by atomic mass is 35.5. The lowest BCUT2D eigenvalue weighted by molar-refractivity contribution is 0.0975. The smallest absolute Gasteiger partial charge is 0.134 e. The molecule has 3 rings (SSSR count). The molecule has 0 N–H and O–H groups in total. The van der Waals surface area contributed by atoms with Crippen LogP contribution >= 0.6 is 22.9 Å². The van der Waals surface area contributed by atoms with Gasteiger partial charge in [0.25, 0.3) is 0 Å². The maximum Gasteiger partial charge on any atom is 0.134 e. The van der Waals surface area contributed by atoms with Crippen molar-refractivity contribution in [2.24, 2.45) is 0 Å². The van der Waals surface area contributed by atoms with Crippen LogP contribution in [0, 0.1) is 6.92 Å². The molecule has 1 aromatic carbocycles. The van der Waals surface area contributed by atoms with Crippen LogP contribution in [0.25, 0.3) is 0 Å². The number of piperazine rings is 1. The van der Waals surface area contributed by atoms with Gasteiger partial charge >= 0.3 is 0 Å². The fourth-order valence-electron chi connectivity index (χ4n) is 2.81. The van der Waals surface area contributed by atoms with Crippen LogP contribution in [0.2, 0.25) is 5.02 Å². The Bertz CT molecular complexity index is 622. The molecule has 0 aliphatic carbocycles. The van der Waals surface area contributed by atoms with Crippen molar-refractivity contribution in [1.82, 2.24) is 20.0 Å². The number of benzene rings is 1. The summed E-state index contributed by atoms with van der Waals surface area (Å²) in [6, 6.07) is 8.47. The van der Waals surface area contributed by atoms with Crippen molar-refractivity contribution in [2.45, 2.75) is 26.4 Å². The zero-order chi connectivity index (χ0) is 15.5. The number of halogens is 1. The molecule has 22 heavy (non-hydrogen) atoms. The number of rotatable bonds is 4. The van der Waals surface area contributed by atoms with Crippen LogP contribution in [0.15, 0.2) is 24.3 Å². The normalized spacial score (nSPS) is 18.5. The second kappa shape index (κ2) is 7.04. The molecule has 0 bridgehead atoms. The summed E-state index contributed by atoms with van der Waals surface area (Å²) in [5.41, 5.74) is 1.21. The molecule has 0 radical (unpaired) electrons. The van der Waals surface area contributed by atoms with Crippen LogP contribution < -0.4 is 0 Å². The second-order valence-electron chi connectivity index (χ2n) is 5.74. The Kier molecular flexibility index (Phi) is 5.08. The monoisotopic (exact) mass is 336 g/mol. The predicted molar refractivity (Wildman–Crippen MR) is 91.4 cm³/mol. The van der Waals surface area contributed by atoms with Crippen molar-refractivity contribution < 1.29 is 0 Å². The number of nitrogens with zero attached hydrogens (tertiary/aromatic N) is 4. The van der Waals surface area contributed by atoms with E-state index in [1.165, 1.54) is 5.56 Å². The highest BCUT2D eigenvalue weighted by Crippen LogP contribution is 2.25. The van der Waals surface area contributed by atoms with Crippen molar-refractivity contribution in [2.75, 3.05) is 26.2 Å². The summed E-state index contributed by atoms with van der Waals surface area (Å²) in [6.07, 6.45) is 0. The van der Waals surface area contributed by atoms with Gasteiger partial charge in [0.1, 0.15) is 10.0 Å².